The van der Waals surface area contributed by atoms with E-state index in [1.807, 2.05) is 13.8 Å². The monoisotopic (exact) mass is 269 g/mol. The fourth-order valence-electron chi connectivity index (χ4n) is 2.07. The van der Waals surface area contributed by atoms with E-state index in [-0.39, 0.29) is 18.3 Å². The second kappa shape index (κ2) is 6.52. The Hall–Kier alpha value is -1.62. The fraction of sp³-hybridized carbons (Fsp3) is 0.500. The zero-order chi connectivity index (χ0) is 14.6. The number of phenols is 1. The SMILES string of the molecule is CC(C)CN(CC(=O)O)C(C)c1ccc(F)cc1O. The van der Waals surface area contributed by atoms with Crippen LogP contribution in [-0.4, -0.2) is 34.2 Å². The van der Waals surface area contributed by atoms with Crippen LogP contribution in [0.3, 0.4) is 0 Å². The highest BCUT2D eigenvalue weighted by Crippen LogP contribution is 2.29. The van der Waals surface area contributed by atoms with Gasteiger partial charge < -0.3 is 10.2 Å². The first-order valence-corrected chi connectivity index (χ1v) is 6.25. The van der Waals surface area contributed by atoms with Crippen LogP contribution in [0.1, 0.15) is 32.4 Å². The van der Waals surface area contributed by atoms with Gasteiger partial charge in [-0.25, -0.2) is 4.39 Å². The summed E-state index contributed by atoms with van der Waals surface area (Å²) in [6, 6.07) is 3.50. The third-order valence-corrected chi connectivity index (χ3v) is 2.93. The second-order valence-corrected chi connectivity index (χ2v) is 5.10. The molecule has 2 N–H and O–H groups in total. The topological polar surface area (TPSA) is 60.8 Å². The molecule has 0 spiro atoms. The standard InChI is InChI=1S/C14H20FNO3/c1-9(2)7-16(8-14(18)19)10(3)12-5-4-11(15)6-13(12)17/h4-6,9-10,17H,7-8H2,1-3H3,(H,18,19). The van der Waals surface area contributed by atoms with Crippen LogP contribution in [0, 0.1) is 11.7 Å². The second-order valence-electron chi connectivity index (χ2n) is 5.10. The van der Waals surface area contributed by atoms with E-state index in [0.29, 0.717) is 18.0 Å². The van der Waals surface area contributed by atoms with Gasteiger partial charge in [-0.05, 0) is 18.9 Å². The molecule has 0 radical (unpaired) electrons. The lowest BCUT2D eigenvalue weighted by molar-refractivity contribution is -0.139. The lowest BCUT2D eigenvalue weighted by atomic mass is 10.0. The molecular weight excluding hydrogens is 249 g/mol. The Morgan fingerprint density at radius 2 is 2.00 bits per heavy atom. The molecule has 0 saturated carbocycles. The quantitative estimate of drug-likeness (QED) is 0.833. The summed E-state index contributed by atoms with van der Waals surface area (Å²) in [6.45, 7) is 6.26. The van der Waals surface area contributed by atoms with E-state index in [2.05, 4.69) is 0 Å². The Kier molecular flexibility index (Phi) is 5.30. The van der Waals surface area contributed by atoms with Gasteiger partial charge >= 0.3 is 5.97 Å². The van der Waals surface area contributed by atoms with Crippen molar-refractivity contribution in [2.45, 2.75) is 26.8 Å². The molecular formula is C14H20FNO3. The zero-order valence-electron chi connectivity index (χ0n) is 11.4. The molecule has 0 bridgehead atoms. The highest BCUT2D eigenvalue weighted by molar-refractivity contribution is 5.69. The van der Waals surface area contributed by atoms with Crippen molar-refractivity contribution < 1.29 is 19.4 Å². The normalized spacial score (nSPS) is 12.9. The molecule has 0 aromatic heterocycles. The summed E-state index contributed by atoms with van der Waals surface area (Å²) in [5.74, 6) is -1.28. The van der Waals surface area contributed by atoms with Gasteiger partial charge in [-0.2, -0.15) is 0 Å². The van der Waals surface area contributed by atoms with Crippen molar-refractivity contribution in [3.05, 3.63) is 29.6 Å². The minimum Gasteiger partial charge on any atom is -0.508 e. The minimum absolute atomic E-state index is 0.115. The van der Waals surface area contributed by atoms with Gasteiger partial charge in [-0.1, -0.05) is 19.9 Å². The van der Waals surface area contributed by atoms with E-state index in [1.165, 1.54) is 12.1 Å². The van der Waals surface area contributed by atoms with Crippen LogP contribution in [0.2, 0.25) is 0 Å². The third kappa shape index (κ3) is 4.52. The van der Waals surface area contributed by atoms with Crippen molar-refractivity contribution in [2.24, 2.45) is 5.92 Å². The molecule has 0 saturated heterocycles. The first-order valence-electron chi connectivity index (χ1n) is 6.25. The first kappa shape index (κ1) is 15.4. The Morgan fingerprint density at radius 1 is 1.37 bits per heavy atom. The minimum atomic E-state index is -0.922. The number of aromatic hydroxyl groups is 1. The van der Waals surface area contributed by atoms with Gasteiger partial charge in [0.15, 0.2) is 0 Å². The summed E-state index contributed by atoms with van der Waals surface area (Å²) in [6.07, 6.45) is 0. The first-order chi connectivity index (χ1) is 8.81. The summed E-state index contributed by atoms with van der Waals surface area (Å²) in [5.41, 5.74) is 0.531. The molecule has 0 amide bonds. The van der Waals surface area contributed by atoms with Crippen LogP contribution >= 0.6 is 0 Å². The molecule has 0 fully saturated rings. The lowest BCUT2D eigenvalue weighted by Crippen LogP contribution is -2.35. The van der Waals surface area contributed by atoms with E-state index in [0.717, 1.165) is 6.07 Å². The van der Waals surface area contributed by atoms with E-state index < -0.39 is 11.8 Å². The van der Waals surface area contributed by atoms with Crippen LogP contribution in [0.15, 0.2) is 18.2 Å². The molecule has 0 aliphatic heterocycles. The Labute approximate surface area is 112 Å². The molecule has 0 aliphatic rings. The molecule has 1 unspecified atom stereocenters. The molecule has 1 rings (SSSR count). The van der Waals surface area contributed by atoms with Crippen molar-refractivity contribution in [2.75, 3.05) is 13.1 Å². The van der Waals surface area contributed by atoms with Crippen LogP contribution in [-0.2, 0) is 4.79 Å². The molecule has 1 aromatic rings. The zero-order valence-corrected chi connectivity index (χ0v) is 11.4. The van der Waals surface area contributed by atoms with Gasteiger partial charge in [0.05, 0.1) is 6.54 Å². The Balaban J connectivity index is 2.96. The smallest absolute Gasteiger partial charge is 0.317 e. The number of halogens is 1. The number of phenolic OH excluding ortho intramolecular Hbond substituents is 1. The third-order valence-electron chi connectivity index (χ3n) is 2.93. The van der Waals surface area contributed by atoms with E-state index >= 15 is 0 Å². The maximum Gasteiger partial charge on any atom is 0.317 e. The largest absolute Gasteiger partial charge is 0.508 e. The average Bonchev–Trinajstić information content (AvgIpc) is 2.26. The van der Waals surface area contributed by atoms with Crippen molar-refractivity contribution in [3.63, 3.8) is 0 Å². The lowest BCUT2D eigenvalue weighted by Gasteiger charge is -2.29. The van der Waals surface area contributed by atoms with Crippen LogP contribution in [0.5, 0.6) is 5.75 Å². The number of benzene rings is 1. The summed E-state index contributed by atoms with van der Waals surface area (Å²) in [4.78, 5) is 12.7. The maximum absolute atomic E-state index is 13.0. The Bertz CT molecular complexity index is 448. The molecule has 4 nitrogen and oxygen atoms in total. The van der Waals surface area contributed by atoms with E-state index in [9.17, 15) is 14.3 Å². The van der Waals surface area contributed by atoms with Crippen LogP contribution in [0.4, 0.5) is 4.39 Å². The molecule has 1 atom stereocenters. The number of hydrogen-bond acceptors (Lipinski definition) is 3. The van der Waals surface area contributed by atoms with Gasteiger partial charge in [-0.3, -0.25) is 9.69 Å². The van der Waals surface area contributed by atoms with Crippen molar-refractivity contribution in [1.82, 2.24) is 4.90 Å². The van der Waals surface area contributed by atoms with Gasteiger partial charge in [0.2, 0.25) is 0 Å². The van der Waals surface area contributed by atoms with Crippen molar-refractivity contribution in [3.8, 4) is 5.75 Å². The van der Waals surface area contributed by atoms with Gasteiger partial charge in [0, 0.05) is 24.2 Å². The number of hydrogen-bond donors (Lipinski definition) is 2. The summed E-state index contributed by atoms with van der Waals surface area (Å²) in [7, 11) is 0. The maximum atomic E-state index is 13.0. The van der Waals surface area contributed by atoms with Gasteiger partial charge in [-0.15, -0.1) is 0 Å². The summed E-state index contributed by atoms with van der Waals surface area (Å²) >= 11 is 0. The highest BCUT2D eigenvalue weighted by atomic mass is 19.1. The number of aliphatic carboxylic acids is 1. The number of carboxylic acid groups (broad SMARTS) is 1. The average molecular weight is 269 g/mol. The summed E-state index contributed by atoms with van der Waals surface area (Å²) in [5, 5.41) is 18.7. The van der Waals surface area contributed by atoms with E-state index in [4.69, 9.17) is 5.11 Å². The molecule has 0 aliphatic carbocycles. The van der Waals surface area contributed by atoms with Gasteiger partial charge in [0.25, 0.3) is 0 Å². The number of carboxylic acids is 1. The molecule has 0 heterocycles. The number of carbonyl (C=O) groups is 1. The predicted octanol–water partition coefficient (Wildman–Crippen LogP) is 2.63. The van der Waals surface area contributed by atoms with Gasteiger partial charge in [0.1, 0.15) is 11.6 Å². The molecule has 5 heteroatoms. The van der Waals surface area contributed by atoms with Crippen LogP contribution < -0.4 is 0 Å². The predicted molar refractivity (Wildman–Crippen MR) is 70.5 cm³/mol. The number of rotatable bonds is 6. The molecule has 1 aromatic carbocycles. The highest BCUT2D eigenvalue weighted by Gasteiger charge is 2.21. The molecule has 106 valence electrons. The van der Waals surface area contributed by atoms with Crippen molar-refractivity contribution in [1.29, 1.82) is 0 Å². The molecule has 19 heavy (non-hydrogen) atoms. The number of nitrogens with zero attached hydrogens (tertiary/aromatic N) is 1. The van der Waals surface area contributed by atoms with Crippen molar-refractivity contribution >= 4 is 5.97 Å². The van der Waals surface area contributed by atoms with E-state index in [1.54, 1.807) is 11.8 Å². The summed E-state index contributed by atoms with van der Waals surface area (Å²) < 4.78 is 13.0. The fourth-order valence-corrected chi connectivity index (χ4v) is 2.07. The Morgan fingerprint density at radius 3 is 2.47 bits per heavy atom. The van der Waals surface area contributed by atoms with Crippen LogP contribution in [0.25, 0.3) is 0 Å².